The van der Waals surface area contributed by atoms with Crippen LogP contribution in [0, 0.1) is 0 Å². The van der Waals surface area contributed by atoms with E-state index in [0.717, 1.165) is 18.4 Å². The van der Waals surface area contributed by atoms with E-state index in [1.165, 1.54) is 6.92 Å². The zero-order valence-electron chi connectivity index (χ0n) is 14.1. The highest BCUT2D eigenvalue weighted by molar-refractivity contribution is 6.43. The van der Waals surface area contributed by atoms with Crippen molar-refractivity contribution in [3.63, 3.8) is 0 Å². The van der Waals surface area contributed by atoms with Gasteiger partial charge in [0.25, 0.3) is 0 Å². The van der Waals surface area contributed by atoms with Gasteiger partial charge in [0, 0.05) is 6.92 Å². The number of benzene rings is 1. The van der Waals surface area contributed by atoms with Gasteiger partial charge in [-0.05, 0) is 43.0 Å². The summed E-state index contributed by atoms with van der Waals surface area (Å²) in [6.45, 7) is 1.33. The van der Waals surface area contributed by atoms with Crippen LogP contribution in [0.15, 0.2) is 29.3 Å². The zero-order valence-corrected chi connectivity index (χ0v) is 14.8. The number of esters is 1. The summed E-state index contributed by atoms with van der Waals surface area (Å²) >= 11 is 5.89. The van der Waals surface area contributed by atoms with Crippen LogP contribution in [0.3, 0.4) is 0 Å². The van der Waals surface area contributed by atoms with Gasteiger partial charge in [0.2, 0.25) is 0 Å². The SMILES string of the molecule is COc1ccc(CCCC2(OC(C)=O)C=C(Cl)C(=O)C2)cc1OC. The topological polar surface area (TPSA) is 61.8 Å². The fraction of sp³-hybridized carbons (Fsp3) is 0.444. The van der Waals surface area contributed by atoms with Crippen LogP contribution in [-0.2, 0) is 20.7 Å². The quantitative estimate of drug-likeness (QED) is 0.703. The molecule has 0 radical (unpaired) electrons. The number of allylic oxidation sites excluding steroid dienone is 1. The molecule has 5 nitrogen and oxygen atoms in total. The number of hydrogen-bond acceptors (Lipinski definition) is 5. The first kappa shape index (κ1) is 18.3. The van der Waals surface area contributed by atoms with Crippen LogP contribution in [0.4, 0.5) is 0 Å². The Morgan fingerprint density at radius 1 is 1.25 bits per heavy atom. The maximum absolute atomic E-state index is 11.7. The van der Waals surface area contributed by atoms with Crippen LogP contribution in [0.25, 0.3) is 0 Å². The molecule has 6 heteroatoms. The van der Waals surface area contributed by atoms with Crippen molar-refractivity contribution in [2.45, 2.75) is 38.2 Å². The summed E-state index contributed by atoms with van der Waals surface area (Å²) in [6.07, 6.45) is 3.69. The first-order chi connectivity index (χ1) is 11.4. The normalized spacial score (nSPS) is 19.8. The summed E-state index contributed by atoms with van der Waals surface area (Å²) < 4.78 is 15.9. The number of ketones is 1. The average Bonchev–Trinajstić information content (AvgIpc) is 2.80. The number of ether oxygens (including phenoxy) is 3. The third-order valence-corrected chi connectivity index (χ3v) is 4.30. The molecular weight excluding hydrogens is 332 g/mol. The van der Waals surface area contributed by atoms with E-state index in [0.29, 0.717) is 17.9 Å². The predicted molar refractivity (Wildman–Crippen MR) is 90.5 cm³/mol. The molecule has 1 aliphatic carbocycles. The summed E-state index contributed by atoms with van der Waals surface area (Å²) in [5.41, 5.74) is 0.154. The molecule has 1 aromatic rings. The van der Waals surface area contributed by atoms with Crippen molar-refractivity contribution in [2.24, 2.45) is 0 Å². The van der Waals surface area contributed by atoms with E-state index in [1.54, 1.807) is 20.3 Å². The van der Waals surface area contributed by atoms with E-state index in [2.05, 4.69) is 0 Å². The summed E-state index contributed by atoms with van der Waals surface area (Å²) in [6, 6.07) is 5.73. The van der Waals surface area contributed by atoms with E-state index in [4.69, 9.17) is 25.8 Å². The van der Waals surface area contributed by atoms with E-state index in [9.17, 15) is 9.59 Å². The molecule has 0 aromatic heterocycles. The third-order valence-electron chi connectivity index (χ3n) is 3.98. The van der Waals surface area contributed by atoms with E-state index < -0.39 is 11.6 Å². The second-order valence-electron chi connectivity index (χ2n) is 5.79. The molecule has 0 bridgehead atoms. The minimum atomic E-state index is -0.920. The number of methoxy groups -OCH3 is 2. The summed E-state index contributed by atoms with van der Waals surface area (Å²) in [4.78, 5) is 23.1. The van der Waals surface area contributed by atoms with Crippen LogP contribution in [0.5, 0.6) is 11.5 Å². The van der Waals surface area contributed by atoms with Gasteiger partial charge in [-0.15, -0.1) is 0 Å². The summed E-state index contributed by atoms with van der Waals surface area (Å²) in [7, 11) is 3.18. The minimum absolute atomic E-state index is 0.108. The summed E-state index contributed by atoms with van der Waals surface area (Å²) in [5.74, 6) is 0.734. The highest BCUT2D eigenvalue weighted by Gasteiger charge is 2.40. The Morgan fingerprint density at radius 2 is 1.96 bits per heavy atom. The Bertz CT molecular complexity index is 667. The molecule has 0 saturated carbocycles. The fourth-order valence-corrected chi connectivity index (χ4v) is 3.18. The van der Waals surface area contributed by atoms with Gasteiger partial charge in [0.15, 0.2) is 17.3 Å². The lowest BCUT2D eigenvalue weighted by Gasteiger charge is -2.26. The van der Waals surface area contributed by atoms with Crippen LogP contribution >= 0.6 is 11.6 Å². The molecule has 24 heavy (non-hydrogen) atoms. The lowest BCUT2D eigenvalue weighted by Crippen LogP contribution is -2.31. The highest BCUT2D eigenvalue weighted by atomic mass is 35.5. The number of aryl methyl sites for hydroxylation is 1. The molecule has 1 unspecified atom stereocenters. The van der Waals surface area contributed by atoms with Gasteiger partial charge in [-0.1, -0.05) is 17.7 Å². The first-order valence-corrected chi connectivity index (χ1v) is 8.09. The Kier molecular flexibility index (Phi) is 5.89. The van der Waals surface area contributed by atoms with E-state index in [1.807, 2.05) is 18.2 Å². The van der Waals surface area contributed by atoms with Crippen LogP contribution in [0.2, 0.25) is 0 Å². The molecule has 2 rings (SSSR count). The van der Waals surface area contributed by atoms with Crippen molar-refractivity contribution < 1.29 is 23.8 Å². The van der Waals surface area contributed by atoms with Gasteiger partial charge in [0.1, 0.15) is 5.60 Å². The standard InChI is InChI=1S/C18H21ClO5/c1-12(20)24-18(10-14(19)15(21)11-18)8-4-5-13-6-7-16(22-2)17(9-13)23-3/h6-7,9-10H,4-5,8,11H2,1-3H3. The van der Waals surface area contributed by atoms with E-state index >= 15 is 0 Å². The number of carbonyl (C=O) groups is 2. The molecule has 0 heterocycles. The first-order valence-electron chi connectivity index (χ1n) is 7.71. The number of Topliss-reactive ketones (excluding diaryl/α,β-unsaturated/α-hetero) is 1. The third kappa shape index (κ3) is 4.29. The van der Waals surface area contributed by atoms with Crippen molar-refractivity contribution in [2.75, 3.05) is 14.2 Å². The number of hydrogen-bond donors (Lipinski definition) is 0. The predicted octanol–water partition coefficient (Wildman–Crippen LogP) is 3.42. The van der Waals surface area contributed by atoms with Gasteiger partial charge in [-0.25, -0.2) is 0 Å². The van der Waals surface area contributed by atoms with Crippen molar-refractivity contribution in [1.29, 1.82) is 0 Å². The second-order valence-corrected chi connectivity index (χ2v) is 6.20. The van der Waals surface area contributed by atoms with Gasteiger partial charge in [0.05, 0.1) is 25.7 Å². The maximum Gasteiger partial charge on any atom is 0.303 e. The van der Waals surface area contributed by atoms with Gasteiger partial charge >= 0.3 is 5.97 Å². The molecule has 0 spiro atoms. The molecule has 0 saturated heterocycles. The Morgan fingerprint density at radius 3 is 2.50 bits per heavy atom. The van der Waals surface area contributed by atoms with Gasteiger partial charge in [-0.3, -0.25) is 9.59 Å². The fourth-order valence-electron chi connectivity index (χ4n) is 2.91. The number of carbonyl (C=O) groups excluding carboxylic acids is 2. The lowest BCUT2D eigenvalue weighted by molar-refractivity contribution is -0.153. The zero-order chi connectivity index (χ0) is 17.7. The second kappa shape index (κ2) is 7.71. The van der Waals surface area contributed by atoms with E-state index in [-0.39, 0.29) is 17.2 Å². The number of halogens is 1. The molecule has 0 aliphatic heterocycles. The minimum Gasteiger partial charge on any atom is -0.493 e. The molecule has 0 N–H and O–H groups in total. The molecule has 1 aliphatic rings. The Balaban J connectivity index is 2.03. The summed E-state index contributed by atoms with van der Waals surface area (Å²) in [5, 5.41) is 0.141. The van der Waals surface area contributed by atoms with Crippen LogP contribution in [0.1, 0.15) is 31.7 Å². The molecule has 0 fully saturated rings. The van der Waals surface area contributed by atoms with Crippen molar-refractivity contribution >= 4 is 23.4 Å². The van der Waals surface area contributed by atoms with Crippen LogP contribution < -0.4 is 9.47 Å². The molecular formula is C18H21ClO5. The number of rotatable bonds is 7. The van der Waals surface area contributed by atoms with Crippen molar-refractivity contribution in [1.82, 2.24) is 0 Å². The smallest absolute Gasteiger partial charge is 0.303 e. The maximum atomic E-state index is 11.7. The van der Waals surface area contributed by atoms with Crippen molar-refractivity contribution in [3.8, 4) is 11.5 Å². The lowest BCUT2D eigenvalue weighted by atomic mass is 9.94. The van der Waals surface area contributed by atoms with Crippen molar-refractivity contribution in [3.05, 3.63) is 34.9 Å². The van der Waals surface area contributed by atoms with Gasteiger partial charge < -0.3 is 14.2 Å². The largest absolute Gasteiger partial charge is 0.493 e. The average molecular weight is 353 g/mol. The monoisotopic (exact) mass is 352 g/mol. The molecule has 0 amide bonds. The molecule has 1 atom stereocenters. The highest BCUT2D eigenvalue weighted by Crippen LogP contribution is 2.36. The Hall–Kier alpha value is -2.01. The molecule has 130 valence electrons. The molecule has 1 aromatic carbocycles. The Labute approximate surface area is 146 Å². The van der Waals surface area contributed by atoms with Gasteiger partial charge in [-0.2, -0.15) is 0 Å². The van der Waals surface area contributed by atoms with Crippen LogP contribution in [-0.4, -0.2) is 31.6 Å².